The maximum absolute atomic E-state index is 11.4. The topological polar surface area (TPSA) is 24.5 Å². The van der Waals surface area contributed by atoms with E-state index in [1.54, 1.807) is 19.1 Å². The Morgan fingerprint density at radius 3 is 2.44 bits per heavy atom. The van der Waals surface area contributed by atoms with Crippen LogP contribution in [0.2, 0.25) is 0 Å². The summed E-state index contributed by atoms with van der Waals surface area (Å²) in [6.45, 7) is 9.82. The van der Waals surface area contributed by atoms with E-state index in [4.69, 9.17) is 4.74 Å². The van der Waals surface area contributed by atoms with Crippen molar-refractivity contribution in [2.75, 3.05) is 20.3 Å². The Kier molecular flexibility index (Phi) is 12.5. The zero-order valence-electron chi connectivity index (χ0n) is 17.0. The van der Waals surface area contributed by atoms with Gasteiger partial charge in [0.15, 0.2) is 0 Å². The number of likely N-dealkylation sites (N-methyl/N-ethyl adjacent to an activating group) is 1. The fraction of sp³-hybridized carbons (Fsp3) is 0.524. The Morgan fingerprint density at radius 1 is 1.22 bits per heavy atom. The molecule has 0 fully saturated rings. The lowest BCUT2D eigenvalue weighted by Gasteiger charge is -2.40. The Hall–Kier alpha value is -1.79. The van der Waals surface area contributed by atoms with Gasteiger partial charge in [0.05, 0.1) is 0 Å². The summed E-state index contributed by atoms with van der Waals surface area (Å²) in [7, 11) is 2.09. The number of hydrogen-bond donors (Lipinski definition) is 1. The lowest BCUT2D eigenvalue weighted by Crippen LogP contribution is -2.55. The van der Waals surface area contributed by atoms with Gasteiger partial charge >= 0.3 is 6.18 Å². The Labute approximate surface area is 163 Å². The quantitative estimate of drug-likeness (QED) is 0.432. The van der Waals surface area contributed by atoms with Crippen molar-refractivity contribution in [2.45, 2.75) is 52.0 Å². The molecule has 0 saturated heterocycles. The number of nitrogens with zero attached hydrogens (tertiary/aromatic N) is 1. The maximum atomic E-state index is 11.4. The van der Waals surface area contributed by atoms with Gasteiger partial charge < -0.3 is 9.64 Å². The second-order valence-corrected chi connectivity index (χ2v) is 6.30. The van der Waals surface area contributed by atoms with E-state index in [1.807, 2.05) is 13.0 Å². The van der Waals surface area contributed by atoms with Gasteiger partial charge in [-0.2, -0.15) is 13.2 Å². The minimum absolute atomic E-state index is 0. The standard InChI is InChI=1S/C13H24N2O.C8H9F3.H2/c1-5-16-11-8-12(2)14-13(3)9-6-7-10-15(13)4;1-2-3-4-5-6-7-8(9,10)11;/h6-7,9-10,12,14H,5,8,11H2,1-4H3;2-7H,1H3;1H/b;3-2-,5-4-,7-6+;. The first kappa shape index (κ1) is 25.2. The predicted octanol–water partition coefficient (Wildman–Crippen LogP) is 5.61. The van der Waals surface area contributed by atoms with E-state index in [-0.39, 0.29) is 13.2 Å². The van der Waals surface area contributed by atoms with E-state index in [1.165, 1.54) is 12.2 Å². The van der Waals surface area contributed by atoms with Gasteiger partial charge in [-0.25, -0.2) is 0 Å². The van der Waals surface area contributed by atoms with Gasteiger partial charge in [-0.1, -0.05) is 36.5 Å². The molecule has 0 aliphatic carbocycles. The van der Waals surface area contributed by atoms with Crippen LogP contribution in [0.4, 0.5) is 13.2 Å². The fourth-order valence-corrected chi connectivity index (χ4v) is 2.22. The van der Waals surface area contributed by atoms with E-state index < -0.39 is 6.18 Å². The van der Waals surface area contributed by atoms with Crippen LogP contribution in [0.1, 0.15) is 35.5 Å². The van der Waals surface area contributed by atoms with E-state index in [0.717, 1.165) is 25.7 Å². The average molecular weight is 389 g/mol. The van der Waals surface area contributed by atoms with Gasteiger partial charge in [-0.15, -0.1) is 0 Å². The van der Waals surface area contributed by atoms with Crippen LogP contribution in [0.25, 0.3) is 0 Å². The summed E-state index contributed by atoms with van der Waals surface area (Å²) in [5, 5.41) is 3.61. The van der Waals surface area contributed by atoms with E-state index in [0.29, 0.717) is 6.04 Å². The van der Waals surface area contributed by atoms with Crippen LogP contribution in [-0.2, 0) is 4.74 Å². The van der Waals surface area contributed by atoms with Crippen molar-refractivity contribution in [1.29, 1.82) is 0 Å². The van der Waals surface area contributed by atoms with Crippen molar-refractivity contribution < 1.29 is 19.3 Å². The Balaban J connectivity index is 0. The van der Waals surface area contributed by atoms with E-state index in [2.05, 4.69) is 49.5 Å². The molecule has 0 bridgehead atoms. The van der Waals surface area contributed by atoms with Crippen LogP contribution < -0.4 is 5.32 Å². The van der Waals surface area contributed by atoms with Gasteiger partial charge in [0.25, 0.3) is 0 Å². The molecule has 3 nitrogen and oxygen atoms in total. The van der Waals surface area contributed by atoms with Crippen LogP contribution in [0.5, 0.6) is 0 Å². The number of hydrogen-bond acceptors (Lipinski definition) is 3. The lowest BCUT2D eigenvalue weighted by molar-refractivity contribution is -0.0798. The maximum Gasteiger partial charge on any atom is 0.409 e. The van der Waals surface area contributed by atoms with Crippen molar-refractivity contribution in [3.05, 3.63) is 60.9 Å². The summed E-state index contributed by atoms with van der Waals surface area (Å²) < 4.78 is 39.6. The molecule has 1 heterocycles. The molecular formula is C21H35F3N2O. The zero-order valence-corrected chi connectivity index (χ0v) is 17.0. The van der Waals surface area contributed by atoms with Crippen LogP contribution in [0, 0.1) is 0 Å². The van der Waals surface area contributed by atoms with Crippen LogP contribution in [0.3, 0.4) is 0 Å². The molecule has 2 unspecified atom stereocenters. The van der Waals surface area contributed by atoms with Gasteiger partial charge in [-0.05, 0) is 46.3 Å². The molecule has 0 aromatic carbocycles. The van der Waals surface area contributed by atoms with E-state index in [9.17, 15) is 13.2 Å². The van der Waals surface area contributed by atoms with Crippen molar-refractivity contribution >= 4 is 0 Å². The number of allylic oxidation sites excluding steroid dienone is 8. The van der Waals surface area contributed by atoms with Crippen molar-refractivity contribution in [2.24, 2.45) is 0 Å². The third kappa shape index (κ3) is 13.1. The number of rotatable bonds is 8. The highest BCUT2D eigenvalue weighted by Crippen LogP contribution is 2.17. The number of ether oxygens (including phenoxy) is 1. The summed E-state index contributed by atoms with van der Waals surface area (Å²) in [5.74, 6) is 0. The minimum Gasteiger partial charge on any atom is -0.382 e. The van der Waals surface area contributed by atoms with Crippen LogP contribution >= 0.6 is 0 Å². The van der Waals surface area contributed by atoms with Gasteiger partial charge in [0.2, 0.25) is 0 Å². The molecule has 0 spiro atoms. The smallest absolute Gasteiger partial charge is 0.382 e. The Morgan fingerprint density at radius 2 is 1.89 bits per heavy atom. The monoisotopic (exact) mass is 388 g/mol. The molecule has 156 valence electrons. The van der Waals surface area contributed by atoms with Crippen LogP contribution in [-0.4, -0.2) is 43.0 Å². The number of halogens is 3. The van der Waals surface area contributed by atoms with Crippen molar-refractivity contribution in [3.8, 4) is 0 Å². The number of nitrogens with one attached hydrogen (secondary N) is 1. The predicted molar refractivity (Wildman–Crippen MR) is 109 cm³/mol. The van der Waals surface area contributed by atoms with E-state index >= 15 is 0 Å². The summed E-state index contributed by atoms with van der Waals surface area (Å²) in [4.78, 5) is 2.18. The summed E-state index contributed by atoms with van der Waals surface area (Å²) in [5.41, 5.74) is -0.0830. The second-order valence-electron chi connectivity index (χ2n) is 6.30. The van der Waals surface area contributed by atoms with Crippen molar-refractivity contribution in [1.82, 2.24) is 10.2 Å². The summed E-state index contributed by atoms with van der Waals surface area (Å²) in [6.07, 6.45) is 12.6. The fourth-order valence-electron chi connectivity index (χ4n) is 2.22. The molecule has 1 N–H and O–H groups in total. The normalized spacial score (nSPS) is 21.3. The third-order valence-electron chi connectivity index (χ3n) is 3.82. The second kappa shape index (κ2) is 13.4. The summed E-state index contributed by atoms with van der Waals surface area (Å²) >= 11 is 0. The van der Waals surface area contributed by atoms with Crippen LogP contribution in [0.15, 0.2) is 60.9 Å². The zero-order chi connectivity index (χ0) is 20.8. The molecule has 0 aromatic heterocycles. The number of alkyl halides is 3. The third-order valence-corrected chi connectivity index (χ3v) is 3.82. The summed E-state index contributed by atoms with van der Waals surface area (Å²) in [6, 6.07) is 0.440. The largest absolute Gasteiger partial charge is 0.409 e. The molecule has 1 rings (SSSR count). The molecule has 2 atom stereocenters. The molecule has 1 aliphatic rings. The molecule has 0 radical (unpaired) electrons. The highest BCUT2D eigenvalue weighted by Gasteiger charge is 2.26. The van der Waals surface area contributed by atoms with Crippen molar-refractivity contribution in [3.63, 3.8) is 0 Å². The Bertz CT molecular complexity index is 542. The average Bonchev–Trinajstić information content (AvgIpc) is 2.57. The molecular weight excluding hydrogens is 353 g/mol. The van der Waals surface area contributed by atoms with Gasteiger partial charge in [0.1, 0.15) is 5.66 Å². The molecule has 6 heteroatoms. The SMILES string of the molecule is CCOCCC(C)NC1(C)C=CC=CN1C.C\C=C/C=C\C=C\C(F)(F)F.[HH]. The van der Waals surface area contributed by atoms with Gasteiger partial charge in [0, 0.05) is 40.0 Å². The highest BCUT2D eigenvalue weighted by atomic mass is 19.4. The lowest BCUT2D eigenvalue weighted by atomic mass is 10.1. The highest BCUT2D eigenvalue weighted by molar-refractivity contribution is 5.18. The molecule has 0 amide bonds. The van der Waals surface area contributed by atoms with Gasteiger partial charge in [-0.3, -0.25) is 5.32 Å². The first-order chi connectivity index (χ1) is 12.6. The molecule has 0 saturated carbocycles. The molecule has 0 aromatic rings. The molecule has 27 heavy (non-hydrogen) atoms. The first-order valence-corrected chi connectivity index (χ1v) is 9.13. The minimum atomic E-state index is -4.21. The molecule has 1 aliphatic heterocycles. The first-order valence-electron chi connectivity index (χ1n) is 9.13.